The fourth-order valence-corrected chi connectivity index (χ4v) is 3.83. The molecule has 176 valence electrons. The predicted molar refractivity (Wildman–Crippen MR) is 130 cm³/mol. The van der Waals surface area contributed by atoms with Crippen LogP contribution in [0.2, 0.25) is 0 Å². The highest BCUT2D eigenvalue weighted by atomic mass is 16.5. The Hall–Kier alpha value is -4.73. The first-order valence-corrected chi connectivity index (χ1v) is 10.9. The number of ether oxygens (including phenoxy) is 2. The average molecular weight is 470 g/mol. The SMILES string of the molecule is COc1cc(NC(C(=O)c2nn(C)cc2-c2ccccc2)c2cc3ccccn3n2)nc(OC)n1. The van der Waals surface area contributed by atoms with E-state index in [1.807, 2.05) is 67.0 Å². The molecule has 1 unspecified atom stereocenters. The number of benzene rings is 1. The molecular formula is C25H23N7O3. The van der Waals surface area contributed by atoms with Crippen molar-refractivity contribution in [3.63, 3.8) is 0 Å². The minimum Gasteiger partial charge on any atom is -0.481 e. The summed E-state index contributed by atoms with van der Waals surface area (Å²) < 4.78 is 13.8. The van der Waals surface area contributed by atoms with E-state index < -0.39 is 6.04 Å². The van der Waals surface area contributed by atoms with Crippen LogP contribution >= 0.6 is 0 Å². The quantitative estimate of drug-likeness (QED) is 0.344. The molecule has 10 heteroatoms. The van der Waals surface area contributed by atoms with Crippen LogP contribution in [0, 0.1) is 0 Å². The second-order valence-corrected chi connectivity index (χ2v) is 7.79. The Balaban J connectivity index is 1.62. The number of nitrogens with one attached hydrogen (secondary N) is 1. The van der Waals surface area contributed by atoms with E-state index in [0.717, 1.165) is 16.6 Å². The minimum absolute atomic E-state index is 0.107. The van der Waals surface area contributed by atoms with E-state index in [4.69, 9.17) is 9.47 Å². The normalized spacial score (nSPS) is 11.9. The van der Waals surface area contributed by atoms with Crippen LogP contribution in [0.15, 0.2) is 73.1 Å². The number of carbonyl (C=O) groups excluding carboxylic acids is 1. The first-order valence-electron chi connectivity index (χ1n) is 10.9. The van der Waals surface area contributed by atoms with Crippen LogP contribution in [-0.2, 0) is 7.05 Å². The molecule has 10 nitrogen and oxygen atoms in total. The lowest BCUT2D eigenvalue weighted by atomic mass is 9.99. The molecule has 0 spiro atoms. The fraction of sp³-hybridized carbons (Fsp3) is 0.160. The molecule has 0 radical (unpaired) electrons. The summed E-state index contributed by atoms with van der Waals surface area (Å²) in [7, 11) is 4.75. The zero-order valence-corrected chi connectivity index (χ0v) is 19.4. The van der Waals surface area contributed by atoms with E-state index in [0.29, 0.717) is 23.1 Å². The number of Topliss-reactive ketones (excluding diaryl/α,β-unsaturated/α-hetero) is 1. The number of fused-ring (bicyclic) bond motifs is 1. The van der Waals surface area contributed by atoms with Crippen molar-refractivity contribution >= 4 is 17.1 Å². The van der Waals surface area contributed by atoms with E-state index in [-0.39, 0.29) is 11.8 Å². The van der Waals surface area contributed by atoms with Crippen LogP contribution in [0.5, 0.6) is 11.9 Å². The number of hydrogen-bond acceptors (Lipinski definition) is 8. The lowest BCUT2D eigenvalue weighted by Crippen LogP contribution is -2.23. The number of aryl methyl sites for hydroxylation is 1. The van der Waals surface area contributed by atoms with E-state index in [1.165, 1.54) is 14.2 Å². The number of pyridine rings is 1. The molecular weight excluding hydrogens is 446 g/mol. The monoisotopic (exact) mass is 469 g/mol. The largest absolute Gasteiger partial charge is 0.481 e. The molecule has 1 atom stereocenters. The summed E-state index contributed by atoms with van der Waals surface area (Å²) in [6.45, 7) is 0. The van der Waals surface area contributed by atoms with Crippen LogP contribution < -0.4 is 14.8 Å². The van der Waals surface area contributed by atoms with Gasteiger partial charge in [0.05, 0.1) is 25.4 Å². The van der Waals surface area contributed by atoms with Gasteiger partial charge in [-0.25, -0.2) is 4.52 Å². The van der Waals surface area contributed by atoms with Crippen molar-refractivity contribution in [2.45, 2.75) is 6.04 Å². The van der Waals surface area contributed by atoms with Gasteiger partial charge in [0.15, 0.2) is 0 Å². The van der Waals surface area contributed by atoms with Crippen LogP contribution in [0.4, 0.5) is 5.82 Å². The number of methoxy groups -OCH3 is 2. The third-order valence-electron chi connectivity index (χ3n) is 5.46. The Morgan fingerprint density at radius 3 is 2.51 bits per heavy atom. The standard InChI is InChI=1S/C25H23N7O3/c1-31-15-18(16-9-5-4-6-10-16)22(30-31)24(33)23(19-13-17-11-7-8-12-32(17)29-19)26-20-14-21(34-2)28-25(27-20)35-3/h4-15,23H,1-3H3,(H,26,27,28). The maximum absolute atomic E-state index is 14.0. The summed E-state index contributed by atoms with van der Waals surface area (Å²) in [5.41, 5.74) is 3.31. The van der Waals surface area contributed by atoms with E-state index in [2.05, 4.69) is 25.5 Å². The number of rotatable bonds is 8. The molecule has 0 aliphatic rings. The topological polar surface area (TPSA) is 108 Å². The Morgan fingerprint density at radius 2 is 1.77 bits per heavy atom. The Labute approximate surface area is 201 Å². The van der Waals surface area contributed by atoms with Gasteiger partial charge in [-0.05, 0) is 23.8 Å². The first-order chi connectivity index (χ1) is 17.1. The van der Waals surface area contributed by atoms with Crippen LogP contribution in [0.1, 0.15) is 22.2 Å². The summed E-state index contributed by atoms with van der Waals surface area (Å²) in [6, 6.07) is 18.0. The fourth-order valence-electron chi connectivity index (χ4n) is 3.83. The number of ketones is 1. The van der Waals surface area contributed by atoms with Crippen LogP contribution in [0.3, 0.4) is 0 Å². The van der Waals surface area contributed by atoms with Gasteiger partial charge in [0.1, 0.15) is 17.6 Å². The summed E-state index contributed by atoms with van der Waals surface area (Å²) in [6.07, 6.45) is 3.66. The first kappa shape index (κ1) is 22.1. The Morgan fingerprint density at radius 1 is 0.971 bits per heavy atom. The minimum atomic E-state index is -0.892. The van der Waals surface area contributed by atoms with Crippen molar-refractivity contribution < 1.29 is 14.3 Å². The van der Waals surface area contributed by atoms with Crippen molar-refractivity contribution in [1.29, 1.82) is 0 Å². The maximum atomic E-state index is 14.0. The van der Waals surface area contributed by atoms with Gasteiger partial charge in [0, 0.05) is 31.1 Å². The smallest absolute Gasteiger partial charge is 0.321 e. The number of hydrogen-bond donors (Lipinski definition) is 1. The van der Waals surface area contributed by atoms with Crippen molar-refractivity contribution in [1.82, 2.24) is 29.4 Å². The molecule has 0 aliphatic heterocycles. The van der Waals surface area contributed by atoms with E-state index >= 15 is 0 Å². The molecule has 0 fully saturated rings. The predicted octanol–water partition coefficient (Wildman–Crippen LogP) is 3.58. The zero-order chi connectivity index (χ0) is 24.4. The second-order valence-electron chi connectivity index (χ2n) is 7.79. The third kappa shape index (κ3) is 4.41. The van der Waals surface area contributed by atoms with Crippen LogP contribution in [-0.4, -0.2) is 49.4 Å². The average Bonchev–Trinajstić information content (AvgIpc) is 3.50. The molecule has 0 saturated carbocycles. The van der Waals surface area contributed by atoms with Gasteiger partial charge in [-0.15, -0.1) is 0 Å². The molecule has 1 N–H and O–H groups in total. The molecule has 1 aromatic carbocycles. The highest BCUT2D eigenvalue weighted by Crippen LogP contribution is 2.30. The second kappa shape index (κ2) is 9.26. The molecule has 0 saturated heterocycles. The number of carbonyl (C=O) groups is 1. The summed E-state index contributed by atoms with van der Waals surface area (Å²) in [5.74, 6) is 0.383. The third-order valence-corrected chi connectivity index (χ3v) is 5.46. The van der Waals surface area contributed by atoms with Gasteiger partial charge in [-0.1, -0.05) is 36.4 Å². The van der Waals surface area contributed by atoms with Gasteiger partial charge in [0.25, 0.3) is 0 Å². The van der Waals surface area contributed by atoms with Crippen LogP contribution in [0.25, 0.3) is 16.6 Å². The van der Waals surface area contributed by atoms with Crippen molar-refractivity contribution in [3.8, 4) is 23.0 Å². The molecule has 0 aliphatic carbocycles. The molecule has 4 heterocycles. The van der Waals surface area contributed by atoms with E-state index in [1.54, 1.807) is 22.3 Å². The van der Waals surface area contributed by atoms with Gasteiger partial charge < -0.3 is 14.8 Å². The number of anilines is 1. The summed E-state index contributed by atoms with van der Waals surface area (Å²) in [5, 5.41) is 12.4. The Bertz CT molecular complexity index is 1440. The van der Waals surface area contributed by atoms with E-state index in [9.17, 15) is 4.79 Å². The number of aromatic nitrogens is 6. The van der Waals surface area contributed by atoms with Gasteiger partial charge in [-0.2, -0.15) is 20.2 Å². The van der Waals surface area contributed by atoms with Crippen molar-refractivity contribution in [2.24, 2.45) is 7.05 Å². The lowest BCUT2D eigenvalue weighted by molar-refractivity contribution is 0.0962. The lowest BCUT2D eigenvalue weighted by Gasteiger charge is -2.17. The van der Waals surface area contributed by atoms with Crippen molar-refractivity contribution in [2.75, 3.05) is 19.5 Å². The highest BCUT2D eigenvalue weighted by Gasteiger charge is 2.30. The molecule has 0 amide bonds. The maximum Gasteiger partial charge on any atom is 0.321 e. The zero-order valence-electron chi connectivity index (χ0n) is 19.4. The summed E-state index contributed by atoms with van der Waals surface area (Å²) in [4.78, 5) is 22.5. The molecule has 35 heavy (non-hydrogen) atoms. The molecule has 5 rings (SSSR count). The molecule has 5 aromatic rings. The summed E-state index contributed by atoms with van der Waals surface area (Å²) >= 11 is 0. The van der Waals surface area contributed by atoms with Gasteiger partial charge in [-0.3, -0.25) is 9.48 Å². The molecule has 0 bridgehead atoms. The van der Waals surface area contributed by atoms with Gasteiger partial charge in [0.2, 0.25) is 11.7 Å². The Kier molecular flexibility index (Phi) is 5.84. The molecule has 4 aromatic heterocycles. The van der Waals surface area contributed by atoms with Crippen molar-refractivity contribution in [3.05, 3.63) is 84.4 Å². The number of nitrogens with zero attached hydrogens (tertiary/aromatic N) is 6. The highest BCUT2D eigenvalue weighted by molar-refractivity contribution is 6.05. The van der Waals surface area contributed by atoms with Gasteiger partial charge >= 0.3 is 6.01 Å².